The highest BCUT2D eigenvalue weighted by Gasteiger charge is 2.35. The number of hydrogen-bond donors (Lipinski definition) is 2. The van der Waals surface area contributed by atoms with Gasteiger partial charge < -0.3 is 10.4 Å². The summed E-state index contributed by atoms with van der Waals surface area (Å²) in [6.07, 6.45) is 6.06. The largest absolute Gasteiger partial charge is 0.393 e. The molecule has 1 aliphatic carbocycles. The zero-order valence-electron chi connectivity index (χ0n) is 11.4. The lowest BCUT2D eigenvalue weighted by Gasteiger charge is -2.46. The first-order valence-corrected chi connectivity index (χ1v) is 7.40. The van der Waals surface area contributed by atoms with Crippen molar-refractivity contribution in [2.24, 2.45) is 5.92 Å². The average molecular weight is 240 g/mol. The van der Waals surface area contributed by atoms with Gasteiger partial charge in [-0.15, -0.1) is 0 Å². The molecule has 2 rings (SSSR count). The molecule has 1 saturated heterocycles. The van der Waals surface area contributed by atoms with Crippen LogP contribution in [0.15, 0.2) is 0 Å². The molecule has 2 N–H and O–H groups in total. The number of hydrogen-bond acceptors (Lipinski definition) is 3. The van der Waals surface area contributed by atoms with E-state index in [-0.39, 0.29) is 6.10 Å². The molecule has 0 amide bonds. The molecular weight excluding hydrogens is 212 g/mol. The van der Waals surface area contributed by atoms with Crippen LogP contribution in [0, 0.1) is 5.92 Å². The normalized spacial score (nSPS) is 33.4. The first-order valence-electron chi connectivity index (χ1n) is 7.40. The van der Waals surface area contributed by atoms with Crippen LogP contribution in [0.2, 0.25) is 0 Å². The number of rotatable bonds is 5. The van der Waals surface area contributed by atoms with Gasteiger partial charge in [0.25, 0.3) is 0 Å². The van der Waals surface area contributed by atoms with Gasteiger partial charge in [0.2, 0.25) is 0 Å². The molecule has 0 aromatic heterocycles. The standard InChI is InChI=1S/C14H28N2O/c1-3-14(17)11-8-12(15-4-2)10-16(9-11)13-6-5-7-13/h11-15,17H,3-10H2,1-2H3. The molecule has 3 atom stereocenters. The molecule has 0 aromatic carbocycles. The summed E-state index contributed by atoms with van der Waals surface area (Å²) < 4.78 is 0. The van der Waals surface area contributed by atoms with Gasteiger partial charge in [0, 0.05) is 25.2 Å². The van der Waals surface area contributed by atoms with Crippen molar-refractivity contribution >= 4 is 0 Å². The maximum Gasteiger partial charge on any atom is 0.0578 e. The van der Waals surface area contributed by atoms with Crippen LogP contribution < -0.4 is 5.32 Å². The van der Waals surface area contributed by atoms with Gasteiger partial charge in [-0.25, -0.2) is 0 Å². The SMILES string of the molecule is CCNC1CC(C(O)CC)CN(C2CCC2)C1. The fraction of sp³-hybridized carbons (Fsp3) is 1.00. The second kappa shape index (κ2) is 6.17. The molecule has 1 heterocycles. The molecule has 0 aromatic rings. The lowest BCUT2D eigenvalue weighted by atomic mass is 9.84. The molecule has 3 unspecified atom stereocenters. The third-order valence-corrected chi connectivity index (χ3v) is 4.56. The zero-order chi connectivity index (χ0) is 12.3. The Morgan fingerprint density at radius 1 is 1.29 bits per heavy atom. The Morgan fingerprint density at radius 3 is 2.59 bits per heavy atom. The van der Waals surface area contributed by atoms with Gasteiger partial charge in [-0.05, 0) is 38.1 Å². The van der Waals surface area contributed by atoms with Gasteiger partial charge in [-0.1, -0.05) is 20.3 Å². The van der Waals surface area contributed by atoms with E-state index in [1.807, 2.05) is 0 Å². The molecule has 17 heavy (non-hydrogen) atoms. The van der Waals surface area contributed by atoms with Crippen LogP contribution in [0.1, 0.15) is 46.0 Å². The first kappa shape index (κ1) is 13.3. The third kappa shape index (κ3) is 3.21. The molecule has 0 bridgehead atoms. The molecule has 3 nitrogen and oxygen atoms in total. The molecule has 1 aliphatic heterocycles. The maximum atomic E-state index is 10.1. The lowest BCUT2D eigenvalue weighted by molar-refractivity contribution is 0.00306. The number of piperidine rings is 1. The van der Waals surface area contributed by atoms with Crippen molar-refractivity contribution in [1.82, 2.24) is 10.2 Å². The van der Waals surface area contributed by atoms with Gasteiger partial charge in [0.05, 0.1) is 6.10 Å². The van der Waals surface area contributed by atoms with Crippen molar-refractivity contribution in [3.8, 4) is 0 Å². The quantitative estimate of drug-likeness (QED) is 0.766. The summed E-state index contributed by atoms with van der Waals surface area (Å²) in [5.74, 6) is 0.471. The minimum atomic E-state index is -0.112. The van der Waals surface area contributed by atoms with Crippen molar-refractivity contribution in [3.63, 3.8) is 0 Å². The highest BCUT2D eigenvalue weighted by molar-refractivity contribution is 4.91. The highest BCUT2D eigenvalue weighted by Crippen LogP contribution is 2.30. The van der Waals surface area contributed by atoms with Crippen LogP contribution in [0.5, 0.6) is 0 Å². The Morgan fingerprint density at radius 2 is 2.06 bits per heavy atom. The predicted molar refractivity (Wildman–Crippen MR) is 71.1 cm³/mol. The minimum absolute atomic E-state index is 0.112. The van der Waals surface area contributed by atoms with Gasteiger partial charge in [0.15, 0.2) is 0 Å². The molecule has 0 radical (unpaired) electrons. The number of likely N-dealkylation sites (N-methyl/N-ethyl adjacent to an activating group) is 1. The van der Waals surface area contributed by atoms with E-state index in [4.69, 9.17) is 0 Å². The number of nitrogens with one attached hydrogen (secondary N) is 1. The van der Waals surface area contributed by atoms with Crippen LogP contribution in [-0.2, 0) is 0 Å². The van der Waals surface area contributed by atoms with Gasteiger partial charge >= 0.3 is 0 Å². The molecule has 1 saturated carbocycles. The van der Waals surface area contributed by atoms with Crippen LogP contribution in [0.3, 0.4) is 0 Å². The van der Waals surface area contributed by atoms with Gasteiger partial charge in [-0.2, -0.15) is 0 Å². The van der Waals surface area contributed by atoms with E-state index in [1.54, 1.807) is 0 Å². The molecule has 2 fully saturated rings. The summed E-state index contributed by atoms with van der Waals surface area (Å²) in [7, 11) is 0. The highest BCUT2D eigenvalue weighted by atomic mass is 16.3. The summed E-state index contributed by atoms with van der Waals surface area (Å²) in [6.45, 7) is 7.61. The second-order valence-corrected chi connectivity index (χ2v) is 5.76. The minimum Gasteiger partial charge on any atom is -0.393 e. The Kier molecular flexibility index (Phi) is 4.83. The van der Waals surface area contributed by atoms with E-state index in [9.17, 15) is 5.11 Å². The van der Waals surface area contributed by atoms with Crippen molar-refractivity contribution in [2.45, 2.75) is 64.1 Å². The van der Waals surface area contributed by atoms with Crippen molar-refractivity contribution < 1.29 is 5.11 Å². The maximum absolute atomic E-state index is 10.1. The van der Waals surface area contributed by atoms with Crippen LogP contribution >= 0.6 is 0 Å². The number of likely N-dealkylation sites (tertiary alicyclic amines) is 1. The fourth-order valence-electron chi connectivity index (χ4n) is 3.27. The predicted octanol–water partition coefficient (Wildman–Crippen LogP) is 1.61. The molecular formula is C14H28N2O. The average Bonchev–Trinajstić information content (AvgIpc) is 2.26. The Labute approximate surface area is 106 Å². The summed E-state index contributed by atoms with van der Waals surface area (Å²) in [4.78, 5) is 2.63. The number of aliphatic hydroxyl groups is 1. The second-order valence-electron chi connectivity index (χ2n) is 5.76. The van der Waals surface area contributed by atoms with E-state index >= 15 is 0 Å². The Bertz CT molecular complexity index is 218. The van der Waals surface area contributed by atoms with Crippen LogP contribution in [0.25, 0.3) is 0 Å². The summed E-state index contributed by atoms with van der Waals surface area (Å²) in [5.41, 5.74) is 0. The van der Waals surface area contributed by atoms with Crippen LogP contribution in [-0.4, -0.2) is 47.8 Å². The van der Waals surface area contributed by atoms with Gasteiger partial charge in [0.1, 0.15) is 0 Å². The van der Waals surface area contributed by atoms with Crippen molar-refractivity contribution in [1.29, 1.82) is 0 Å². The van der Waals surface area contributed by atoms with Crippen molar-refractivity contribution in [3.05, 3.63) is 0 Å². The summed E-state index contributed by atoms with van der Waals surface area (Å²) >= 11 is 0. The molecule has 0 spiro atoms. The Hall–Kier alpha value is -0.120. The Balaban J connectivity index is 1.93. The smallest absolute Gasteiger partial charge is 0.0578 e. The first-order chi connectivity index (χ1) is 8.24. The fourth-order valence-corrected chi connectivity index (χ4v) is 3.27. The third-order valence-electron chi connectivity index (χ3n) is 4.56. The van der Waals surface area contributed by atoms with E-state index in [0.717, 1.165) is 32.0 Å². The molecule has 100 valence electrons. The number of nitrogens with zero attached hydrogens (tertiary/aromatic N) is 1. The zero-order valence-corrected chi connectivity index (χ0v) is 11.4. The van der Waals surface area contributed by atoms with E-state index in [0.29, 0.717) is 12.0 Å². The van der Waals surface area contributed by atoms with E-state index in [2.05, 4.69) is 24.1 Å². The van der Waals surface area contributed by atoms with E-state index < -0.39 is 0 Å². The van der Waals surface area contributed by atoms with Gasteiger partial charge in [-0.3, -0.25) is 4.90 Å². The monoisotopic (exact) mass is 240 g/mol. The summed E-state index contributed by atoms with van der Waals surface area (Å²) in [5, 5.41) is 13.7. The van der Waals surface area contributed by atoms with Crippen molar-refractivity contribution in [2.75, 3.05) is 19.6 Å². The lowest BCUT2D eigenvalue weighted by Crippen LogP contribution is -2.56. The summed E-state index contributed by atoms with van der Waals surface area (Å²) in [6, 6.07) is 1.39. The van der Waals surface area contributed by atoms with E-state index in [1.165, 1.54) is 25.8 Å². The molecule has 3 heteroatoms. The topological polar surface area (TPSA) is 35.5 Å². The van der Waals surface area contributed by atoms with Crippen LogP contribution in [0.4, 0.5) is 0 Å². The molecule has 2 aliphatic rings. The number of aliphatic hydroxyl groups excluding tert-OH is 1.